The summed E-state index contributed by atoms with van der Waals surface area (Å²) in [6, 6.07) is 7.11. The third kappa shape index (κ3) is 4.64. The molecule has 0 aromatic heterocycles. The molecule has 0 unspecified atom stereocenters. The molecule has 2 saturated heterocycles. The molecule has 5 N–H and O–H groups in total. The van der Waals surface area contributed by atoms with Gasteiger partial charge in [0.25, 0.3) is 0 Å². The highest BCUT2D eigenvalue weighted by atomic mass is 16.8. The van der Waals surface area contributed by atoms with Crippen LogP contribution >= 0.6 is 0 Å². The van der Waals surface area contributed by atoms with Gasteiger partial charge in [-0.25, -0.2) is 4.79 Å². The van der Waals surface area contributed by atoms with Gasteiger partial charge in [-0.3, -0.25) is 0 Å². The zero-order valence-electron chi connectivity index (χ0n) is 19.9. The lowest BCUT2D eigenvalue weighted by atomic mass is 9.85. The highest BCUT2D eigenvalue weighted by molar-refractivity contribution is 5.87. The van der Waals surface area contributed by atoms with Crippen LogP contribution in [0, 0.1) is 11.8 Å². The second-order valence-electron chi connectivity index (χ2n) is 9.43. The maximum Gasteiger partial charge on any atom is 0.331 e. The summed E-state index contributed by atoms with van der Waals surface area (Å²) in [5.41, 5.74) is -0.341. The molecule has 3 aliphatic heterocycles. The van der Waals surface area contributed by atoms with Gasteiger partial charge in [0.05, 0.1) is 32.5 Å². The predicted octanol–water partition coefficient (Wildman–Crippen LogP) is -1.32. The number of aliphatic hydroxyl groups is 5. The van der Waals surface area contributed by atoms with E-state index < -0.39 is 85.8 Å². The lowest BCUT2D eigenvalue weighted by Gasteiger charge is -2.43. The molecule has 0 spiro atoms. The topological polar surface area (TPSA) is 177 Å². The van der Waals surface area contributed by atoms with Crippen molar-refractivity contribution in [3.05, 3.63) is 48.2 Å². The summed E-state index contributed by atoms with van der Waals surface area (Å²) >= 11 is 0. The summed E-state index contributed by atoms with van der Waals surface area (Å²) < 4.78 is 33.5. The van der Waals surface area contributed by atoms with Crippen LogP contribution in [0.1, 0.15) is 5.56 Å². The number of fused-ring (bicyclic) bond motifs is 3. The van der Waals surface area contributed by atoms with Gasteiger partial charge in [0.15, 0.2) is 6.29 Å². The highest BCUT2D eigenvalue weighted by Gasteiger charge is 2.77. The number of carbonyl (C=O) groups is 1. The first-order valence-corrected chi connectivity index (χ1v) is 11.9. The first kappa shape index (κ1) is 26.1. The van der Waals surface area contributed by atoms with Crippen LogP contribution in [-0.4, -0.2) is 107 Å². The Kier molecular flexibility index (Phi) is 7.27. The van der Waals surface area contributed by atoms with Gasteiger partial charge in [-0.15, -0.1) is 0 Å². The maximum atomic E-state index is 12.6. The Morgan fingerprint density at radius 1 is 1.08 bits per heavy atom. The number of benzene rings is 1. The molecule has 0 amide bonds. The number of hydrogen-bond acceptors (Lipinski definition) is 12. The second kappa shape index (κ2) is 10.3. The minimum absolute atomic E-state index is 0.402. The molecule has 4 aliphatic rings. The standard InChI is InChI=1S/C25H30O12/c1-32-13-5-2-12(3-6-13)4-7-16(28)35-21-14-8-9-33-23(17(14)25(11-27)22(21)37-25)36-24-20(31)19(30)18(29)15(10-26)34-24/h2-9,14-15,17-24,26-27,29-31H,10-11H2,1H3/b7-4+/t14-,15-,17-,18-,19+,20-,21+,22+,23+,24+,25-/m1/s1. The summed E-state index contributed by atoms with van der Waals surface area (Å²) in [6.07, 6.45) is -3.94. The number of rotatable bonds is 8. The Morgan fingerprint density at radius 2 is 1.84 bits per heavy atom. The SMILES string of the molecule is COc1ccc(/C=C/C(=O)O[C@H]2[C@@H]3C=CO[C@@H](O[C@@H]4O[C@H](CO)[C@@H](O)[C@H](O)[C@H]4O)[C@@H]3[C@@]3(CO)O[C@@H]23)cc1. The van der Waals surface area contributed by atoms with Crippen molar-refractivity contribution in [1.29, 1.82) is 0 Å². The number of hydrogen-bond donors (Lipinski definition) is 5. The van der Waals surface area contributed by atoms with Crippen molar-refractivity contribution in [2.75, 3.05) is 20.3 Å². The van der Waals surface area contributed by atoms with E-state index >= 15 is 0 Å². The molecule has 1 aliphatic carbocycles. The maximum absolute atomic E-state index is 12.6. The van der Waals surface area contributed by atoms with Crippen molar-refractivity contribution < 1.29 is 58.7 Å². The zero-order chi connectivity index (χ0) is 26.3. The van der Waals surface area contributed by atoms with Gasteiger partial charge >= 0.3 is 5.97 Å². The van der Waals surface area contributed by atoms with E-state index in [0.29, 0.717) is 5.75 Å². The van der Waals surface area contributed by atoms with Crippen LogP contribution in [-0.2, 0) is 28.5 Å². The molecular formula is C25H30O12. The molecule has 11 atom stereocenters. The smallest absolute Gasteiger partial charge is 0.331 e. The molecule has 12 heteroatoms. The van der Waals surface area contributed by atoms with Crippen molar-refractivity contribution in [1.82, 2.24) is 0 Å². The molecule has 37 heavy (non-hydrogen) atoms. The van der Waals surface area contributed by atoms with Crippen LogP contribution in [0.2, 0.25) is 0 Å². The summed E-state index contributed by atoms with van der Waals surface area (Å²) in [6.45, 7) is -1.02. The third-order valence-corrected chi connectivity index (χ3v) is 7.38. The van der Waals surface area contributed by atoms with Gasteiger partial charge < -0.3 is 54.0 Å². The largest absolute Gasteiger partial charge is 0.497 e. The molecule has 0 radical (unpaired) electrons. The van der Waals surface area contributed by atoms with E-state index in [2.05, 4.69) is 0 Å². The Balaban J connectivity index is 1.28. The lowest BCUT2D eigenvalue weighted by Crippen LogP contribution is -2.60. The van der Waals surface area contributed by atoms with E-state index in [1.54, 1.807) is 43.5 Å². The number of aliphatic hydroxyl groups excluding tert-OH is 5. The first-order chi connectivity index (χ1) is 17.8. The van der Waals surface area contributed by atoms with Gasteiger partial charge in [0.2, 0.25) is 6.29 Å². The number of esters is 1. The van der Waals surface area contributed by atoms with Gasteiger partial charge in [-0.1, -0.05) is 12.1 Å². The fourth-order valence-corrected chi connectivity index (χ4v) is 5.34. The number of ether oxygens (including phenoxy) is 6. The molecule has 3 heterocycles. The number of carbonyl (C=O) groups excluding carboxylic acids is 1. The zero-order valence-corrected chi connectivity index (χ0v) is 19.9. The minimum atomic E-state index is -1.63. The van der Waals surface area contributed by atoms with Crippen molar-refractivity contribution in [3.63, 3.8) is 0 Å². The van der Waals surface area contributed by atoms with E-state index in [9.17, 15) is 30.3 Å². The second-order valence-corrected chi connectivity index (χ2v) is 9.43. The predicted molar refractivity (Wildman–Crippen MR) is 122 cm³/mol. The van der Waals surface area contributed by atoms with Crippen LogP contribution < -0.4 is 4.74 Å². The molecule has 12 nitrogen and oxygen atoms in total. The molecular weight excluding hydrogens is 492 g/mol. The summed E-state index contributed by atoms with van der Waals surface area (Å²) in [4.78, 5) is 12.6. The molecule has 3 fully saturated rings. The van der Waals surface area contributed by atoms with Gasteiger partial charge in [0, 0.05) is 12.0 Å². The first-order valence-electron chi connectivity index (χ1n) is 11.9. The molecule has 0 bridgehead atoms. The van der Waals surface area contributed by atoms with Crippen LogP contribution in [0.25, 0.3) is 6.08 Å². The number of methoxy groups -OCH3 is 1. The van der Waals surface area contributed by atoms with Crippen LogP contribution in [0.5, 0.6) is 5.75 Å². The van der Waals surface area contributed by atoms with E-state index in [1.165, 1.54) is 12.3 Å². The molecule has 5 rings (SSSR count). The Morgan fingerprint density at radius 3 is 2.51 bits per heavy atom. The normalized spacial score (nSPS) is 42.1. The van der Waals surface area contributed by atoms with Crippen LogP contribution in [0.15, 0.2) is 42.7 Å². The van der Waals surface area contributed by atoms with Gasteiger partial charge in [-0.05, 0) is 29.8 Å². The average Bonchev–Trinajstić information content (AvgIpc) is 3.60. The lowest BCUT2D eigenvalue weighted by molar-refractivity contribution is -0.344. The Labute approximate surface area is 212 Å². The van der Waals surface area contributed by atoms with Gasteiger partial charge in [-0.2, -0.15) is 0 Å². The van der Waals surface area contributed by atoms with Crippen molar-refractivity contribution >= 4 is 12.0 Å². The molecule has 202 valence electrons. The van der Waals surface area contributed by atoms with E-state index in [1.807, 2.05) is 0 Å². The quantitative estimate of drug-likeness (QED) is 0.155. The fourth-order valence-electron chi connectivity index (χ4n) is 5.34. The fraction of sp³-hybridized carbons (Fsp3) is 0.560. The van der Waals surface area contributed by atoms with Gasteiger partial charge in [0.1, 0.15) is 48.0 Å². The average molecular weight is 523 g/mol. The van der Waals surface area contributed by atoms with Crippen LogP contribution in [0.3, 0.4) is 0 Å². The Bertz CT molecular complexity index is 1030. The van der Waals surface area contributed by atoms with Crippen LogP contribution in [0.4, 0.5) is 0 Å². The third-order valence-electron chi connectivity index (χ3n) is 7.38. The van der Waals surface area contributed by atoms with Crippen molar-refractivity contribution in [2.45, 2.75) is 54.8 Å². The summed E-state index contributed by atoms with van der Waals surface area (Å²) in [7, 11) is 1.56. The van der Waals surface area contributed by atoms with E-state index in [4.69, 9.17) is 28.4 Å². The van der Waals surface area contributed by atoms with Crippen molar-refractivity contribution in [2.24, 2.45) is 11.8 Å². The Hall–Kier alpha value is -2.55. The highest BCUT2D eigenvalue weighted by Crippen LogP contribution is 2.60. The van der Waals surface area contributed by atoms with Crippen molar-refractivity contribution in [3.8, 4) is 5.75 Å². The molecule has 1 aromatic carbocycles. The van der Waals surface area contributed by atoms with E-state index in [-0.39, 0.29) is 0 Å². The molecule has 1 saturated carbocycles. The molecule has 1 aromatic rings. The summed E-state index contributed by atoms with van der Waals surface area (Å²) in [5.74, 6) is -1.01. The van der Waals surface area contributed by atoms with E-state index in [0.717, 1.165) is 5.56 Å². The monoisotopic (exact) mass is 522 g/mol. The minimum Gasteiger partial charge on any atom is -0.497 e. The summed E-state index contributed by atoms with van der Waals surface area (Å²) in [5, 5.41) is 50.1. The number of epoxide rings is 1.